The van der Waals surface area contributed by atoms with Crippen LogP contribution in [0.3, 0.4) is 0 Å². The number of aromatic nitrogens is 2. The van der Waals surface area contributed by atoms with Gasteiger partial charge in [0.05, 0.1) is 23.1 Å². The number of aryl methyl sites for hydroxylation is 1. The fraction of sp³-hybridized carbons (Fsp3) is 0.200. The van der Waals surface area contributed by atoms with E-state index in [-0.39, 0.29) is 0 Å². The van der Waals surface area contributed by atoms with Gasteiger partial charge in [-0.05, 0) is 25.1 Å². The number of amides is 1. The highest BCUT2D eigenvalue weighted by atomic mass is 32.1. The lowest BCUT2D eigenvalue weighted by Gasteiger charge is -2.07. The maximum Gasteiger partial charge on any atom is 0.249 e. The zero-order valence-electron chi connectivity index (χ0n) is 11.7. The Bertz CT molecular complexity index is 790. The summed E-state index contributed by atoms with van der Waals surface area (Å²) >= 11 is 1.52. The summed E-state index contributed by atoms with van der Waals surface area (Å²) in [5.41, 5.74) is 7.91. The second-order valence-electron chi connectivity index (χ2n) is 4.69. The molecule has 0 aliphatic rings. The van der Waals surface area contributed by atoms with E-state index in [1.165, 1.54) is 11.3 Å². The van der Waals surface area contributed by atoms with E-state index in [2.05, 4.69) is 27.9 Å². The van der Waals surface area contributed by atoms with Gasteiger partial charge in [-0.15, -0.1) is 11.3 Å². The summed E-state index contributed by atoms with van der Waals surface area (Å²) in [6.07, 6.45) is 0. The van der Waals surface area contributed by atoms with Crippen LogP contribution in [-0.4, -0.2) is 15.5 Å². The van der Waals surface area contributed by atoms with Crippen LogP contribution in [0.1, 0.15) is 22.2 Å². The molecule has 3 rings (SSSR count). The number of hydrogen-bond acceptors (Lipinski definition) is 4. The first-order chi connectivity index (χ1) is 10.2. The van der Waals surface area contributed by atoms with Crippen molar-refractivity contribution in [3.05, 3.63) is 46.2 Å². The molecule has 21 heavy (non-hydrogen) atoms. The molecular weight excluding hydrogens is 284 g/mol. The molecule has 0 saturated heterocycles. The summed E-state index contributed by atoms with van der Waals surface area (Å²) in [4.78, 5) is 16.8. The minimum Gasteiger partial charge on any atom is -0.366 e. The number of benzene rings is 1. The Balaban J connectivity index is 1.82. The fourth-order valence-corrected chi connectivity index (χ4v) is 3.11. The standard InChI is InChI=1S/C15H16N4OS/c1-2-19-13-6-4-3-5-12(13)18-15(19)17-8-11-7-10(9-21-11)14(16)20/h3-7,9H,2,8H2,1H3,(H2,16,20)(H,17,18). The van der Waals surface area contributed by atoms with E-state index in [1.807, 2.05) is 24.3 Å². The molecule has 0 unspecified atom stereocenters. The zero-order chi connectivity index (χ0) is 14.8. The maximum absolute atomic E-state index is 11.1. The lowest BCUT2D eigenvalue weighted by molar-refractivity contribution is 0.100. The third kappa shape index (κ3) is 2.62. The minimum atomic E-state index is -0.390. The summed E-state index contributed by atoms with van der Waals surface area (Å²) in [6, 6.07) is 9.88. The van der Waals surface area contributed by atoms with Crippen molar-refractivity contribution in [1.82, 2.24) is 9.55 Å². The number of thiophene rings is 1. The van der Waals surface area contributed by atoms with Crippen LogP contribution in [0, 0.1) is 0 Å². The smallest absolute Gasteiger partial charge is 0.249 e. The molecule has 1 aromatic carbocycles. The largest absolute Gasteiger partial charge is 0.366 e. The van der Waals surface area contributed by atoms with Crippen molar-refractivity contribution < 1.29 is 4.79 Å². The van der Waals surface area contributed by atoms with Gasteiger partial charge in [-0.1, -0.05) is 12.1 Å². The highest BCUT2D eigenvalue weighted by Crippen LogP contribution is 2.21. The molecule has 2 heterocycles. The molecule has 6 heteroatoms. The second kappa shape index (κ2) is 5.57. The third-order valence-corrected chi connectivity index (χ3v) is 4.27. The van der Waals surface area contributed by atoms with Crippen LogP contribution in [0.15, 0.2) is 35.7 Å². The number of carbonyl (C=O) groups is 1. The van der Waals surface area contributed by atoms with Crippen molar-refractivity contribution in [3.63, 3.8) is 0 Å². The van der Waals surface area contributed by atoms with Gasteiger partial charge >= 0.3 is 0 Å². The van der Waals surface area contributed by atoms with Crippen LogP contribution in [0.5, 0.6) is 0 Å². The van der Waals surface area contributed by atoms with E-state index in [0.717, 1.165) is 28.4 Å². The average molecular weight is 300 g/mol. The topological polar surface area (TPSA) is 72.9 Å². The molecule has 5 nitrogen and oxygen atoms in total. The van der Waals surface area contributed by atoms with Crippen LogP contribution in [0.4, 0.5) is 5.95 Å². The highest BCUT2D eigenvalue weighted by Gasteiger charge is 2.09. The number of nitrogens with one attached hydrogen (secondary N) is 1. The molecule has 1 amide bonds. The Hall–Kier alpha value is -2.34. The molecule has 2 aromatic heterocycles. The lowest BCUT2D eigenvalue weighted by atomic mass is 10.3. The predicted molar refractivity (Wildman–Crippen MR) is 85.6 cm³/mol. The molecule has 108 valence electrons. The first-order valence-electron chi connectivity index (χ1n) is 6.75. The molecule has 3 aromatic rings. The quantitative estimate of drug-likeness (QED) is 0.761. The third-order valence-electron chi connectivity index (χ3n) is 3.33. The number of nitrogens with zero attached hydrogens (tertiary/aromatic N) is 2. The molecule has 0 atom stereocenters. The number of fused-ring (bicyclic) bond motifs is 1. The van der Waals surface area contributed by atoms with E-state index in [0.29, 0.717) is 12.1 Å². The van der Waals surface area contributed by atoms with E-state index in [9.17, 15) is 4.79 Å². The monoisotopic (exact) mass is 300 g/mol. The molecule has 0 fully saturated rings. The number of anilines is 1. The summed E-state index contributed by atoms with van der Waals surface area (Å²) < 4.78 is 2.14. The molecule has 0 radical (unpaired) electrons. The van der Waals surface area contributed by atoms with Gasteiger partial charge in [-0.2, -0.15) is 0 Å². The summed E-state index contributed by atoms with van der Waals surface area (Å²) in [5.74, 6) is 0.450. The lowest BCUT2D eigenvalue weighted by Crippen LogP contribution is -2.09. The summed E-state index contributed by atoms with van der Waals surface area (Å²) in [7, 11) is 0. The van der Waals surface area contributed by atoms with E-state index >= 15 is 0 Å². The van der Waals surface area contributed by atoms with E-state index in [4.69, 9.17) is 5.73 Å². The fourth-order valence-electron chi connectivity index (χ4n) is 2.30. The van der Waals surface area contributed by atoms with Crippen LogP contribution in [0.25, 0.3) is 11.0 Å². The van der Waals surface area contributed by atoms with Gasteiger partial charge < -0.3 is 15.6 Å². The first kappa shape index (κ1) is 13.6. The second-order valence-corrected chi connectivity index (χ2v) is 5.68. The summed E-state index contributed by atoms with van der Waals surface area (Å²) in [5, 5.41) is 5.11. The normalized spacial score (nSPS) is 10.9. The highest BCUT2D eigenvalue weighted by molar-refractivity contribution is 7.10. The average Bonchev–Trinajstić information content (AvgIpc) is 3.09. The van der Waals surface area contributed by atoms with Gasteiger partial charge in [0.2, 0.25) is 11.9 Å². The van der Waals surface area contributed by atoms with Crippen LogP contribution >= 0.6 is 11.3 Å². The Labute approximate surface area is 126 Å². The Kier molecular flexibility index (Phi) is 3.62. The van der Waals surface area contributed by atoms with Crippen LogP contribution in [-0.2, 0) is 13.1 Å². The Morgan fingerprint density at radius 3 is 2.95 bits per heavy atom. The van der Waals surface area contributed by atoms with E-state index in [1.54, 1.807) is 5.38 Å². The van der Waals surface area contributed by atoms with Crippen molar-refractivity contribution in [2.45, 2.75) is 20.0 Å². The maximum atomic E-state index is 11.1. The van der Waals surface area contributed by atoms with Crippen molar-refractivity contribution in [3.8, 4) is 0 Å². The Morgan fingerprint density at radius 1 is 1.43 bits per heavy atom. The molecule has 0 saturated carbocycles. The van der Waals surface area contributed by atoms with Crippen LogP contribution < -0.4 is 11.1 Å². The van der Waals surface area contributed by atoms with Gasteiger partial charge in [0.25, 0.3) is 0 Å². The molecule has 0 spiro atoms. The number of para-hydroxylation sites is 2. The molecular formula is C15H16N4OS. The molecule has 3 N–H and O–H groups in total. The summed E-state index contributed by atoms with van der Waals surface area (Å²) in [6.45, 7) is 3.57. The van der Waals surface area contributed by atoms with Gasteiger partial charge in [0.15, 0.2) is 0 Å². The van der Waals surface area contributed by atoms with Crippen molar-refractivity contribution in [1.29, 1.82) is 0 Å². The molecule has 0 aliphatic carbocycles. The van der Waals surface area contributed by atoms with Crippen LogP contribution in [0.2, 0.25) is 0 Å². The number of primary amides is 1. The van der Waals surface area contributed by atoms with E-state index < -0.39 is 5.91 Å². The number of rotatable bonds is 5. The first-order valence-corrected chi connectivity index (χ1v) is 7.63. The van der Waals surface area contributed by atoms with Gasteiger partial charge in [0.1, 0.15) is 0 Å². The van der Waals surface area contributed by atoms with Gasteiger partial charge in [0, 0.05) is 16.8 Å². The van der Waals surface area contributed by atoms with Crippen molar-refractivity contribution in [2.24, 2.45) is 5.73 Å². The van der Waals surface area contributed by atoms with Crippen molar-refractivity contribution in [2.75, 3.05) is 5.32 Å². The van der Waals surface area contributed by atoms with Crippen molar-refractivity contribution >= 4 is 34.2 Å². The van der Waals surface area contributed by atoms with Gasteiger partial charge in [-0.25, -0.2) is 4.98 Å². The van der Waals surface area contributed by atoms with Gasteiger partial charge in [-0.3, -0.25) is 4.79 Å². The number of carbonyl (C=O) groups excluding carboxylic acids is 1. The zero-order valence-corrected chi connectivity index (χ0v) is 12.5. The number of nitrogens with two attached hydrogens (primary N) is 1. The number of imidazole rings is 1. The molecule has 0 bridgehead atoms. The Morgan fingerprint density at radius 2 is 2.24 bits per heavy atom. The number of hydrogen-bond donors (Lipinski definition) is 2. The minimum absolute atomic E-state index is 0.390. The SMILES string of the molecule is CCn1c(NCc2cc(C(N)=O)cs2)nc2ccccc21. The predicted octanol–water partition coefficient (Wildman–Crippen LogP) is 2.83. The molecule has 0 aliphatic heterocycles.